The van der Waals surface area contributed by atoms with Gasteiger partial charge in [-0.15, -0.1) is 0 Å². The molecule has 20 heavy (non-hydrogen) atoms. The number of nitrogens with one attached hydrogen (secondary N) is 1. The smallest absolute Gasteiger partial charge is 0.221 e. The van der Waals surface area contributed by atoms with Crippen molar-refractivity contribution >= 4 is 23.4 Å². The maximum Gasteiger partial charge on any atom is 0.221 e. The van der Waals surface area contributed by atoms with E-state index in [2.05, 4.69) is 10.3 Å². The second-order valence-electron chi connectivity index (χ2n) is 4.53. The molecule has 0 aliphatic rings. The Balaban J connectivity index is 2.04. The normalized spacial score (nSPS) is 11.9. The first-order valence-corrected chi connectivity index (χ1v) is 7.13. The van der Waals surface area contributed by atoms with Gasteiger partial charge in [0.05, 0.1) is 0 Å². The number of benzene rings is 1. The van der Waals surface area contributed by atoms with Crippen molar-refractivity contribution in [2.24, 2.45) is 5.73 Å². The van der Waals surface area contributed by atoms with Gasteiger partial charge in [-0.1, -0.05) is 17.8 Å². The molecule has 1 heterocycles. The highest BCUT2D eigenvalue weighted by atomic mass is 32.2. The van der Waals surface area contributed by atoms with Crippen LogP contribution in [0.25, 0.3) is 0 Å². The fraction of sp³-hybridized carbons (Fsp3) is 0.200. The molecule has 1 unspecified atom stereocenters. The first-order valence-electron chi connectivity index (χ1n) is 6.31. The van der Waals surface area contributed by atoms with Gasteiger partial charge in [-0.05, 0) is 42.8 Å². The molecule has 104 valence electrons. The Labute approximate surface area is 122 Å². The SMILES string of the molecule is CC(=O)Nc1ccc(Sc2ccc(C(C)N)cn2)cc1. The molecule has 0 fully saturated rings. The fourth-order valence-electron chi connectivity index (χ4n) is 1.65. The largest absolute Gasteiger partial charge is 0.326 e. The highest BCUT2D eigenvalue weighted by Crippen LogP contribution is 2.27. The van der Waals surface area contributed by atoms with E-state index in [1.54, 1.807) is 18.0 Å². The van der Waals surface area contributed by atoms with E-state index in [0.29, 0.717) is 0 Å². The third-order valence-corrected chi connectivity index (χ3v) is 3.64. The van der Waals surface area contributed by atoms with Gasteiger partial charge in [0.2, 0.25) is 5.91 Å². The molecule has 0 saturated heterocycles. The minimum absolute atomic E-state index is 0.00140. The summed E-state index contributed by atoms with van der Waals surface area (Å²) in [5, 5.41) is 3.66. The molecule has 0 aliphatic heterocycles. The predicted octanol–water partition coefficient (Wildman–Crippen LogP) is 3.21. The van der Waals surface area contributed by atoms with Gasteiger partial charge >= 0.3 is 0 Å². The molecule has 5 heteroatoms. The van der Waals surface area contributed by atoms with Crippen molar-refractivity contribution in [2.45, 2.75) is 29.8 Å². The van der Waals surface area contributed by atoms with Crippen LogP contribution in [0.15, 0.2) is 52.5 Å². The van der Waals surface area contributed by atoms with E-state index in [9.17, 15) is 4.79 Å². The zero-order valence-corrected chi connectivity index (χ0v) is 12.3. The summed E-state index contributed by atoms with van der Waals surface area (Å²) in [6, 6.07) is 11.6. The Kier molecular flexibility index (Phi) is 4.76. The number of nitrogens with zero attached hydrogens (tertiary/aromatic N) is 1. The van der Waals surface area contributed by atoms with E-state index < -0.39 is 0 Å². The van der Waals surface area contributed by atoms with Gasteiger partial charge in [-0.2, -0.15) is 0 Å². The molecule has 0 bridgehead atoms. The molecule has 1 aromatic heterocycles. The first-order chi connectivity index (χ1) is 9.54. The van der Waals surface area contributed by atoms with Crippen LogP contribution in [-0.2, 0) is 4.79 Å². The van der Waals surface area contributed by atoms with Crippen LogP contribution >= 0.6 is 11.8 Å². The van der Waals surface area contributed by atoms with E-state index >= 15 is 0 Å². The summed E-state index contributed by atoms with van der Waals surface area (Å²) in [4.78, 5) is 16.4. The zero-order valence-electron chi connectivity index (χ0n) is 11.5. The summed E-state index contributed by atoms with van der Waals surface area (Å²) in [6.45, 7) is 3.43. The van der Waals surface area contributed by atoms with E-state index in [1.165, 1.54) is 6.92 Å². The highest BCUT2D eigenvalue weighted by molar-refractivity contribution is 7.99. The lowest BCUT2D eigenvalue weighted by Gasteiger charge is -2.07. The lowest BCUT2D eigenvalue weighted by molar-refractivity contribution is -0.114. The number of amides is 1. The third kappa shape index (κ3) is 4.08. The van der Waals surface area contributed by atoms with Gasteiger partial charge < -0.3 is 11.1 Å². The number of nitrogens with two attached hydrogens (primary N) is 1. The maximum absolute atomic E-state index is 10.9. The van der Waals surface area contributed by atoms with E-state index in [0.717, 1.165) is 21.2 Å². The highest BCUT2D eigenvalue weighted by Gasteiger charge is 2.03. The molecule has 0 aliphatic carbocycles. The van der Waals surface area contributed by atoms with Crippen molar-refractivity contribution in [3.8, 4) is 0 Å². The van der Waals surface area contributed by atoms with Crippen molar-refractivity contribution in [2.75, 3.05) is 5.32 Å². The van der Waals surface area contributed by atoms with Crippen LogP contribution in [0.1, 0.15) is 25.5 Å². The van der Waals surface area contributed by atoms with E-state index in [-0.39, 0.29) is 11.9 Å². The van der Waals surface area contributed by atoms with Gasteiger partial charge in [0.15, 0.2) is 0 Å². The monoisotopic (exact) mass is 287 g/mol. The summed E-state index contributed by atoms with van der Waals surface area (Å²) < 4.78 is 0. The number of rotatable bonds is 4. The fourth-order valence-corrected chi connectivity index (χ4v) is 2.41. The van der Waals surface area contributed by atoms with Crippen molar-refractivity contribution in [3.63, 3.8) is 0 Å². The van der Waals surface area contributed by atoms with Crippen LogP contribution in [-0.4, -0.2) is 10.9 Å². The predicted molar refractivity (Wildman–Crippen MR) is 81.7 cm³/mol. The number of hydrogen-bond acceptors (Lipinski definition) is 4. The van der Waals surface area contributed by atoms with Crippen molar-refractivity contribution in [1.82, 2.24) is 4.98 Å². The van der Waals surface area contributed by atoms with Crippen LogP contribution in [0, 0.1) is 0 Å². The molecule has 0 spiro atoms. The number of carbonyl (C=O) groups is 1. The van der Waals surface area contributed by atoms with E-state index in [1.807, 2.05) is 43.3 Å². The van der Waals surface area contributed by atoms with Crippen LogP contribution in [0.3, 0.4) is 0 Å². The average molecular weight is 287 g/mol. The van der Waals surface area contributed by atoms with Crippen LogP contribution in [0.5, 0.6) is 0 Å². The van der Waals surface area contributed by atoms with Crippen molar-refractivity contribution in [1.29, 1.82) is 0 Å². The quantitative estimate of drug-likeness (QED) is 0.906. The molecule has 1 aromatic carbocycles. The average Bonchev–Trinajstić information content (AvgIpc) is 2.41. The van der Waals surface area contributed by atoms with Gasteiger partial charge in [0.25, 0.3) is 0 Å². The Morgan fingerprint density at radius 3 is 2.45 bits per heavy atom. The summed E-state index contributed by atoms with van der Waals surface area (Å²) in [6.07, 6.45) is 1.80. The number of aromatic nitrogens is 1. The topological polar surface area (TPSA) is 68.0 Å². The molecule has 4 nitrogen and oxygen atoms in total. The zero-order chi connectivity index (χ0) is 14.5. The van der Waals surface area contributed by atoms with Crippen molar-refractivity contribution in [3.05, 3.63) is 48.2 Å². The molecular weight excluding hydrogens is 270 g/mol. The maximum atomic E-state index is 10.9. The third-order valence-electron chi connectivity index (χ3n) is 2.68. The summed E-state index contributed by atoms with van der Waals surface area (Å²) in [5.41, 5.74) is 7.61. The molecule has 2 aromatic rings. The number of carbonyl (C=O) groups excluding carboxylic acids is 1. The molecule has 1 atom stereocenters. The molecular formula is C15H17N3OS. The molecule has 1 amide bonds. The Hall–Kier alpha value is -1.85. The van der Waals surface area contributed by atoms with Crippen LogP contribution in [0.2, 0.25) is 0 Å². The van der Waals surface area contributed by atoms with Gasteiger partial charge in [0, 0.05) is 29.7 Å². The Bertz CT molecular complexity index is 579. The molecule has 0 radical (unpaired) electrons. The van der Waals surface area contributed by atoms with Crippen molar-refractivity contribution < 1.29 is 4.79 Å². The first kappa shape index (κ1) is 14.6. The van der Waals surface area contributed by atoms with Crippen LogP contribution in [0.4, 0.5) is 5.69 Å². The minimum Gasteiger partial charge on any atom is -0.326 e. The molecule has 2 rings (SSSR count). The van der Waals surface area contributed by atoms with Gasteiger partial charge in [0.1, 0.15) is 5.03 Å². The van der Waals surface area contributed by atoms with Gasteiger partial charge in [-0.3, -0.25) is 4.79 Å². The van der Waals surface area contributed by atoms with E-state index in [4.69, 9.17) is 5.73 Å². The lowest BCUT2D eigenvalue weighted by atomic mass is 10.2. The minimum atomic E-state index is -0.0708. The number of pyridine rings is 1. The second-order valence-corrected chi connectivity index (χ2v) is 5.62. The summed E-state index contributed by atoms with van der Waals surface area (Å²) in [5.74, 6) is -0.0708. The Morgan fingerprint density at radius 2 is 1.95 bits per heavy atom. The van der Waals surface area contributed by atoms with Crippen LogP contribution < -0.4 is 11.1 Å². The second kappa shape index (κ2) is 6.54. The Morgan fingerprint density at radius 1 is 1.25 bits per heavy atom. The standard InChI is InChI=1S/C15H17N3OS/c1-10(16)12-3-8-15(17-9-12)20-14-6-4-13(5-7-14)18-11(2)19/h3-10H,16H2,1-2H3,(H,18,19). The molecule has 3 N–H and O–H groups in total. The van der Waals surface area contributed by atoms with Gasteiger partial charge in [-0.25, -0.2) is 4.98 Å². The summed E-state index contributed by atoms with van der Waals surface area (Å²) in [7, 11) is 0. The lowest BCUT2D eigenvalue weighted by Crippen LogP contribution is -2.05. The number of anilines is 1. The summed E-state index contributed by atoms with van der Waals surface area (Å²) >= 11 is 1.57. The number of hydrogen-bond donors (Lipinski definition) is 2. The molecule has 0 saturated carbocycles.